The number of hydrogen-bond acceptors (Lipinski definition) is 6. The van der Waals surface area contributed by atoms with Crippen LogP contribution in [0.1, 0.15) is 72.5 Å². The lowest BCUT2D eigenvalue weighted by atomic mass is 9.98. The van der Waals surface area contributed by atoms with Gasteiger partial charge in [0.1, 0.15) is 0 Å². The number of piperidine rings is 1. The van der Waals surface area contributed by atoms with Gasteiger partial charge < -0.3 is 10.6 Å². The third kappa shape index (κ3) is 13.0. The first-order valence-electron chi connectivity index (χ1n) is 12.6. The van der Waals surface area contributed by atoms with Crippen LogP contribution in [0.3, 0.4) is 0 Å². The van der Waals surface area contributed by atoms with Crippen molar-refractivity contribution in [2.75, 3.05) is 14.1 Å². The van der Waals surface area contributed by atoms with Crippen LogP contribution >= 0.6 is 11.3 Å². The van der Waals surface area contributed by atoms with Gasteiger partial charge in [0.05, 0.1) is 12.1 Å². The second kappa shape index (κ2) is 18.3. The molecule has 0 aliphatic carbocycles. The number of imide groups is 1. The summed E-state index contributed by atoms with van der Waals surface area (Å²) in [7, 11) is 3.75. The molecule has 3 amide bonds. The largest absolute Gasteiger partial charge is 0.416 e. The van der Waals surface area contributed by atoms with Crippen LogP contribution < -0.4 is 16.0 Å². The van der Waals surface area contributed by atoms with Gasteiger partial charge in [-0.05, 0) is 51.1 Å². The molecular weight excluding hydrogens is 531 g/mol. The predicted molar refractivity (Wildman–Crippen MR) is 148 cm³/mol. The number of carbonyl (C=O) groups is 4. The standard InChI is InChI=1S/C12H17NO2S.C8H7F3.C6H9NO2.C2H7N/c1-4-9-10(12(15)8(2)3)6-16-11(9)5-13-7-14;1-6-4-2-3-5-7(6)8(9,10)11;1-4-2-3-5(8)7-6(4)9;1-3-2/h6-8H,4-5H2,1-3H3,(H,13,14);2-5H,1H3;4H,2-3H2,1H3,(H,7,8,9);3H,1-2H3. The van der Waals surface area contributed by atoms with E-state index in [0.717, 1.165) is 28.5 Å². The number of hydrogen-bond donors (Lipinski definition) is 3. The molecule has 0 saturated carbocycles. The summed E-state index contributed by atoms with van der Waals surface area (Å²) in [5.41, 5.74) is 1.61. The van der Waals surface area contributed by atoms with E-state index in [4.69, 9.17) is 0 Å². The molecule has 3 N–H and O–H groups in total. The Balaban J connectivity index is 0.000000549. The van der Waals surface area contributed by atoms with Crippen LogP contribution in [-0.4, -0.2) is 38.1 Å². The lowest BCUT2D eigenvalue weighted by molar-refractivity contribution is -0.138. The van der Waals surface area contributed by atoms with Crippen LogP contribution in [0.2, 0.25) is 0 Å². The molecule has 1 atom stereocenters. The number of aryl methyl sites for hydroxylation is 1. The highest BCUT2D eigenvalue weighted by atomic mass is 32.1. The topological polar surface area (TPSA) is 104 Å². The first-order chi connectivity index (χ1) is 18.2. The van der Waals surface area contributed by atoms with Gasteiger partial charge in [-0.2, -0.15) is 13.2 Å². The van der Waals surface area contributed by atoms with Crippen LogP contribution in [-0.2, 0) is 33.5 Å². The zero-order chi connectivity index (χ0) is 30.2. The maximum atomic E-state index is 12.0. The number of rotatable bonds is 6. The van der Waals surface area contributed by atoms with Crippen LogP contribution in [0, 0.1) is 18.8 Å². The Hall–Kier alpha value is -3.05. The Bertz CT molecular complexity index is 1070. The number of ketones is 1. The molecule has 1 aromatic carbocycles. The number of Topliss-reactive ketones (excluding diaryl/α,β-unsaturated/α-hetero) is 1. The average Bonchev–Trinajstić information content (AvgIpc) is 3.28. The van der Waals surface area contributed by atoms with Gasteiger partial charge in [-0.15, -0.1) is 11.3 Å². The highest BCUT2D eigenvalue weighted by molar-refractivity contribution is 7.10. The molecule has 1 unspecified atom stereocenters. The molecule has 218 valence electrons. The molecule has 1 aliphatic heterocycles. The van der Waals surface area contributed by atoms with E-state index in [9.17, 15) is 32.3 Å². The number of halogens is 3. The van der Waals surface area contributed by atoms with Crippen LogP contribution in [0.4, 0.5) is 13.2 Å². The van der Waals surface area contributed by atoms with Crippen molar-refractivity contribution in [3.8, 4) is 0 Å². The van der Waals surface area contributed by atoms with Crippen molar-refractivity contribution in [1.29, 1.82) is 0 Å². The molecule has 0 bridgehead atoms. The van der Waals surface area contributed by atoms with E-state index >= 15 is 0 Å². The van der Waals surface area contributed by atoms with Crippen molar-refractivity contribution in [2.24, 2.45) is 11.8 Å². The Morgan fingerprint density at radius 3 is 2.21 bits per heavy atom. The zero-order valence-corrected chi connectivity index (χ0v) is 24.4. The van der Waals surface area contributed by atoms with Gasteiger partial charge in [0.2, 0.25) is 18.2 Å². The summed E-state index contributed by atoms with van der Waals surface area (Å²) in [6, 6.07) is 5.50. The lowest BCUT2D eigenvalue weighted by Gasteiger charge is -2.15. The molecule has 2 aromatic rings. The van der Waals surface area contributed by atoms with Gasteiger partial charge in [-0.3, -0.25) is 24.5 Å². The van der Waals surface area contributed by atoms with Gasteiger partial charge in [-0.25, -0.2) is 0 Å². The van der Waals surface area contributed by atoms with Crippen molar-refractivity contribution >= 4 is 35.3 Å². The highest BCUT2D eigenvalue weighted by Gasteiger charge is 2.31. The molecule has 39 heavy (non-hydrogen) atoms. The number of nitrogens with one attached hydrogen (secondary N) is 3. The van der Waals surface area contributed by atoms with E-state index in [1.807, 2.05) is 47.2 Å². The zero-order valence-electron chi connectivity index (χ0n) is 23.6. The van der Waals surface area contributed by atoms with Crippen molar-refractivity contribution in [1.82, 2.24) is 16.0 Å². The third-order valence-electron chi connectivity index (χ3n) is 5.44. The molecule has 1 fully saturated rings. The second-order valence-corrected chi connectivity index (χ2v) is 10.1. The summed E-state index contributed by atoms with van der Waals surface area (Å²) < 4.78 is 36.1. The fraction of sp³-hybridized carbons (Fsp3) is 0.500. The average molecular weight is 572 g/mol. The Morgan fingerprint density at radius 2 is 1.79 bits per heavy atom. The summed E-state index contributed by atoms with van der Waals surface area (Å²) in [6.07, 6.45) is -1.51. The molecule has 3 rings (SSSR count). The minimum Gasteiger partial charge on any atom is -0.354 e. The second-order valence-electron chi connectivity index (χ2n) is 9.09. The minimum absolute atomic E-state index is 0.0164. The van der Waals surface area contributed by atoms with Gasteiger partial charge in [0, 0.05) is 34.1 Å². The lowest BCUT2D eigenvalue weighted by Crippen LogP contribution is -2.39. The molecule has 7 nitrogen and oxygen atoms in total. The van der Waals surface area contributed by atoms with Gasteiger partial charge in [0.25, 0.3) is 0 Å². The number of thiophene rings is 1. The normalized spacial score (nSPS) is 14.5. The fourth-order valence-electron chi connectivity index (χ4n) is 3.30. The van der Waals surface area contributed by atoms with Crippen LogP contribution in [0.15, 0.2) is 29.6 Å². The third-order valence-corrected chi connectivity index (χ3v) is 6.46. The molecule has 1 aromatic heterocycles. The molecule has 0 radical (unpaired) electrons. The molecule has 2 heterocycles. The SMILES string of the molecule is CC1CCC(=O)NC1=O.CCc1c(C(=O)C(C)C)csc1CNC=O.CNC.Cc1ccccc1C(F)(F)F. The van der Waals surface area contributed by atoms with E-state index in [-0.39, 0.29) is 35.0 Å². The van der Waals surface area contributed by atoms with E-state index in [1.54, 1.807) is 17.4 Å². The van der Waals surface area contributed by atoms with Gasteiger partial charge >= 0.3 is 6.18 Å². The predicted octanol–water partition coefficient (Wildman–Crippen LogP) is 5.30. The Kier molecular flexibility index (Phi) is 16.8. The monoisotopic (exact) mass is 571 g/mol. The van der Waals surface area contributed by atoms with Crippen molar-refractivity contribution in [3.05, 3.63) is 56.8 Å². The number of amides is 3. The summed E-state index contributed by atoms with van der Waals surface area (Å²) in [4.78, 5) is 44.4. The minimum atomic E-state index is -4.22. The number of alkyl halides is 3. The number of benzene rings is 1. The van der Waals surface area contributed by atoms with E-state index in [0.29, 0.717) is 25.8 Å². The Morgan fingerprint density at radius 1 is 1.21 bits per heavy atom. The van der Waals surface area contributed by atoms with Crippen molar-refractivity contribution in [3.63, 3.8) is 0 Å². The molecule has 1 saturated heterocycles. The maximum Gasteiger partial charge on any atom is 0.416 e. The summed E-state index contributed by atoms with van der Waals surface area (Å²) >= 11 is 1.54. The van der Waals surface area contributed by atoms with E-state index < -0.39 is 11.7 Å². The summed E-state index contributed by atoms with van der Waals surface area (Å²) in [5, 5.41) is 9.55. The summed E-state index contributed by atoms with van der Waals surface area (Å²) in [6.45, 7) is 9.63. The van der Waals surface area contributed by atoms with Crippen LogP contribution in [0.25, 0.3) is 0 Å². The first-order valence-corrected chi connectivity index (χ1v) is 13.5. The van der Waals surface area contributed by atoms with E-state index in [1.165, 1.54) is 19.1 Å². The van der Waals surface area contributed by atoms with Crippen LogP contribution in [0.5, 0.6) is 0 Å². The van der Waals surface area contributed by atoms with Gasteiger partial charge in [-0.1, -0.05) is 45.9 Å². The fourth-order valence-corrected chi connectivity index (χ4v) is 4.39. The van der Waals surface area contributed by atoms with Crippen molar-refractivity contribution in [2.45, 2.75) is 66.6 Å². The van der Waals surface area contributed by atoms with Gasteiger partial charge in [0.15, 0.2) is 5.78 Å². The number of carbonyl (C=O) groups excluding carboxylic acids is 4. The first kappa shape index (κ1) is 35.9. The summed E-state index contributed by atoms with van der Waals surface area (Å²) in [5.74, 6) is -0.0516. The smallest absolute Gasteiger partial charge is 0.354 e. The highest BCUT2D eigenvalue weighted by Crippen LogP contribution is 2.31. The molecule has 0 spiro atoms. The molecule has 11 heteroatoms. The van der Waals surface area contributed by atoms with E-state index in [2.05, 4.69) is 16.0 Å². The quantitative estimate of drug-likeness (QED) is 0.248. The molecule has 1 aliphatic rings. The maximum absolute atomic E-state index is 12.0. The molecular formula is C28H40F3N3O4S. The Labute approximate surface area is 233 Å². The van der Waals surface area contributed by atoms with Crippen molar-refractivity contribution < 1.29 is 32.3 Å².